The normalized spacial score (nSPS) is 12.0. The van der Waals surface area contributed by atoms with Crippen molar-refractivity contribution >= 4 is 29.1 Å². The number of esters is 1. The van der Waals surface area contributed by atoms with Gasteiger partial charge in [-0.2, -0.15) is 0 Å². The third kappa shape index (κ3) is 6.65. The third-order valence-corrected chi connectivity index (χ3v) is 6.00. The van der Waals surface area contributed by atoms with Crippen LogP contribution in [-0.4, -0.2) is 41.5 Å². The first kappa shape index (κ1) is 27.4. The van der Waals surface area contributed by atoms with Gasteiger partial charge in [0.15, 0.2) is 0 Å². The Morgan fingerprint density at radius 1 is 0.872 bits per heavy atom. The third-order valence-electron chi connectivity index (χ3n) is 6.00. The second-order valence-corrected chi connectivity index (χ2v) is 10.0. The van der Waals surface area contributed by atoms with Crippen molar-refractivity contribution in [1.82, 2.24) is 9.88 Å². The van der Waals surface area contributed by atoms with Gasteiger partial charge >= 0.3 is 18.2 Å². The van der Waals surface area contributed by atoms with E-state index in [0.717, 1.165) is 16.5 Å². The largest absolute Gasteiger partial charge is 0.467 e. The summed E-state index contributed by atoms with van der Waals surface area (Å²) in [6, 6.07) is 24.9. The maximum atomic E-state index is 13.5. The lowest BCUT2D eigenvalue weighted by atomic mass is 9.98. The molecular weight excluding hydrogens is 496 g/mol. The number of rotatable bonds is 7. The molecule has 1 amide bonds. The number of para-hydroxylation sites is 1. The summed E-state index contributed by atoms with van der Waals surface area (Å²) in [5.74, 6) is -0.639. The summed E-state index contributed by atoms with van der Waals surface area (Å²) in [7, 11) is 1.26. The van der Waals surface area contributed by atoms with E-state index < -0.39 is 29.8 Å². The van der Waals surface area contributed by atoms with E-state index in [-0.39, 0.29) is 13.0 Å². The van der Waals surface area contributed by atoms with Crippen LogP contribution in [0.3, 0.4) is 0 Å². The first-order valence-corrected chi connectivity index (χ1v) is 12.6. The Hall–Kier alpha value is -4.59. The Balaban J connectivity index is 1.75. The Bertz CT molecular complexity index is 1460. The van der Waals surface area contributed by atoms with Crippen LogP contribution in [0.1, 0.15) is 31.9 Å². The molecule has 1 atom stereocenters. The topological polar surface area (TPSA) is 95.9 Å². The Morgan fingerprint density at radius 3 is 2.13 bits per heavy atom. The SMILES string of the molecule is COC(=O)[C@@H](Cc1c(-c2ccccc2)n(C(=O)OC(C)(C)C)c2ccccc12)NC(=O)OCc1ccccc1. The summed E-state index contributed by atoms with van der Waals surface area (Å²) in [6.45, 7) is 5.46. The molecule has 0 unspecified atom stereocenters. The van der Waals surface area contributed by atoms with E-state index in [9.17, 15) is 14.4 Å². The lowest BCUT2D eigenvalue weighted by molar-refractivity contribution is -0.142. The lowest BCUT2D eigenvalue weighted by Crippen LogP contribution is -2.43. The highest BCUT2D eigenvalue weighted by Gasteiger charge is 2.30. The summed E-state index contributed by atoms with van der Waals surface area (Å²) < 4.78 is 17.7. The van der Waals surface area contributed by atoms with E-state index in [0.29, 0.717) is 16.8 Å². The highest BCUT2D eigenvalue weighted by Crippen LogP contribution is 2.35. The van der Waals surface area contributed by atoms with Crippen molar-refractivity contribution in [3.63, 3.8) is 0 Å². The van der Waals surface area contributed by atoms with Crippen LogP contribution in [0, 0.1) is 0 Å². The van der Waals surface area contributed by atoms with Crippen molar-refractivity contribution in [3.8, 4) is 11.3 Å². The lowest BCUT2D eigenvalue weighted by Gasteiger charge is -2.21. The van der Waals surface area contributed by atoms with E-state index in [1.807, 2.05) is 84.9 Å². The van der Waals surface area contributed by atoms with Crippen molar-refractivity contribution in [1.29, 1.82) is 0 Å². The van der Waals surface area contributed by atoms with Crippen LogP contribution in [-0.2, 0) is 32.0 Å². The van der Waals surface area contributed by atoms with Gasteiger partial charge < -0.3 is 19.5 Å². The van der Waals surface area contributed by atoms with E-state index in [1.165, 1.54) is 11.7 Å². The van der Waals surface area contributed by atoms with Gasteiger partial charge in [-0.1, -0.05) is 78.9 Å². The number of fused-ring (bicyclic) bond motifs is 1. The minimum atomic E-state index is -1.07. The van der Waals surface area contributed by atoms with E-state index in [4.69, 9.17) is 14.2 Å². The summed E-state index contributed by atoms with van der Waals surface area (Å²) in [6.07, 6.45) is -1.26. The van der Waals surface area contributed by atoms with Crippen LogP contribution in [0.4, 0.5) is 9.59 Å². The molecule has 4 rings (SSSR count). The Morgan fingerprint density at radius 2 is 1.49 bits per heavy atom. The number of hydrogen-bond acceptors (Lipinski definition) is 6. The van der Waals surface area contributed by atoms with Gasteiger partial charge in [0.1, 0.15) is 18.2 Å². The van der Waals surface area contributed by atoms with Crippen LogP contribution >= 0.6 is 0 Å². The molecular formula is C31H32N2O6. The van der Waals surface area contributed by atoms with Gasteiger partial charge in [-0.15, -0.1) is 0 Å². The van der Waals surface area contributed by atoms with Crippen molar-refractivity contribution in [2.24, 2.45) is 0 Å². The van der Waals surface area contributed by atoms with Gasteiger partial charge in [0.25, 0.3) is 0 Å². The molecule has 0 radical (unpaired) electrons. The van der Waals surface area contributed by atoms with Gasteiger partial charge in [-0.25, -0.2) is 19.0 Å². The first-order valence-electron chi connectivity index (χ1n) is 12.6. The molecule has 0 fully saturated rings. The smallest absolute Gasteiger partial charge is 0.419 e. The standard InChI is InChI=1S/C31H32N2O6/c1-31(2,3)39-30(36)33-26-18-12-11-17-23(26)24(27(33)22-15-9-6-10-16-22)19-25(28(34)37-4)32-29(35)38-20-21-13-7-5-8-14-21/h5-18,25H,19-20H2,1-4H3,(H,32,35)/t25-/m1/s1. The average Bonchev–Trinajstić information content (AvgIpc) is 3.25. The molecule has 4 aromatic rings. The molecule has 3 aromatic carbocycles. The van der Waals surface area contributed by atoms with Crippen molar-refractivity contribution < 1.29 is 28.6 Å². The number of ether oxygens (including phenoxy) is 3. The van der Waals surface area contributed by atoms with Crippen molar-refractivity contribution in [2.75, 3.05) is 7.11 Å². The van der Waals surface area contributed by atoms with Gasteiger partial charge in [0, 0.05) is 11.8 Å². The van der Waals surface area contributed by atoms with Crippen LogP contribution in [0.2, 0.25) is 0 Å². The maximum Gasteiger partial charge on any atom is 0.419 e. The molecule has 1 aromatic heterocycles. The fourth-order valence-electron chi connectivity index (χ4n) is 4.36. The zero-order chi connectivity index (χ0) is 28.0. The zero-order valence-electron chi connectivity index (χ0n) is 22.5. The van der Waals surface area contributed by atoms with E-state index in [1.54, 1.807) is 20.8 Å². The number of nitrogens with zero attached hydrogens (tertiary/aromatic N) is 1. The second-order valence-electron chi connectivity index (χ2n) is 10.0. The molecule has 0 bridgehead atoms. The number of aromatic nitrogens is 1. The fourth-order valence-corrected chi connectivity index (χ4v) is 4.36. The minimum absolute atomic E-state index is 0.0493. The number of nitrogens with one attached hydrogen (secondary N) is 1. The molecule has 202 valence electrons. The number of benzene rings is 3. The molecule has 0 aliphatic heterocycles. The fraction of sp³-hybridized carbons (Fsp3) is 0.258. The molecule has 8 heteroatoms. The molecule has 1 heterocycles. The molecule has 1 N–H and O–H groups in total. The quantitative estimate of drug-likeness (QED) is 0.230. The number of amides is 1. The highest BCUT2D eigenvalue weighted by molar-refractivity contribution is 6.00. The minimum Gasteiger partial charge on any atom is -0.467 e. The number of alkyl carbamates (subject to hydrolysis) is 1. The molecule has 0 spiro atoms. The van der Waals surface area contributed by atoms with Gasteiger partial charge in [0.2, 0.25) is 0 Å². The van der Waals surface area contributed by atoms with Crippen LogP contribution in [0.15, 0.2) is 84.9 Å². The first-order chi connectivity index (χ1) is 18.7. The number of hydrogen-bond donors (Lipinski definition) is 1. The highest BCUT2D eigenvalue weighted by atomic mass is 16.6. The van der Waals surface area contributed by atoms with E-state index >= 15 is 0 Å². The number of methoxy groups -OCH3 is 1. The van der Waals surface area contributed by atoms with Gasteiger partial charge in [-0.3, -0.25) is 0 Å². The average molecular weight is 529 g/mol. The van der Waals surface area contributed by atoms with Crippen molar-refractivity contribution in [2.45, 2.75) is 45.4 Å². The Kier molecular flexibility index (Phi) is 8.34. The van der Waals surface area contributed by atoms with Gasteiger partial charge in [0.05, 0.1) is 18.3 Å². The van der Waals surface area contributed by atoms with Crippen molar-refractivity contribution in [3.05, 3.63) is 96.1 Å². The molecule has 8 nitrogen and oxygen atoms in total. The number of carbonyl (C=O) groups excluding carboxylic acids is 3. The second kappa shape index (κ2) is 11.9. The van der Waals surface area contributed by atoms with E-state index in [2.05, 4.69) is 5.32 Å². The summed E-state index contributed by atoms with van der Waals surface area (Å²) >= 11 is 0. The predicted octanol–water partition coefficient (Wildman–Crippen LogP) is 6.10. The molecule has 39 heavy (non-hydrogen) atoms. The predicted molar refractivity (Wildman–Crippen MR) is 148 cm³/mol. The van der Waals surface area contributed by atoms with Crippen LogP contribution < -0.4 is 5.32 Å². The summed E-state index contributed by atoms with van der Waals surface area (Å²) in [4.78, 5) is 39.1. The van der Waals surface area contributed by atoms with Gasteiger partial charge in [-0.05, 0) is 43.5 Å². The summed E-state index contributed by atoms with van der Waals surface area (Å²) in [5, 5.41) is 3.39. The maximum absolute atomic E-state index is 13.5. The summed E-state index contributed by atoms with van der Waals surface area (Å²) in [5.41, 5.74) is 2.71. The molecule has 0 saturated carbocycles. The number of carbonyl (C=O) groups is 3. The van der Waals surface area contributed by atoms with Crippen LogP contribution in [0.5, 0.6) is 0 Å². The van der Waals surface area contributed by atoms with Crippen LogP contribution in [0.25, 0.3) is 22.2 Å². The molecule has 0 aliphatic rings. The zero-order valence-corrected chi connectivity index (χ0v) is 22.5. The molecule has 0 aliphatic carbocycles. The molecule has 0 saturated heterocycles. The Labute approximate surface area is 227 Å². The monoisotopic (exact) mass is 528 g/mol.